The zero-order valence-electron chi connectivity index (χ0n) is 15.6. The minimum atomic E-state index is -0.319. The number of carbonyl (C=O) groups excluding carboxylic acids is 2. The molecule has 0 radical (unpaired) electrons. The molecule has 8 heteroatoms. The third-order valence-electron chi connectivity index (χ3n) is 4.20. The number of hydrogen-bond donors (Lipinski definition) is 1. The van der Waals surface area contributed by atoms with E-state index in [9.17, 15) is 9.59 Å². The molecule has 2 aromatic rings. The van der Waals surface area contributed by atoms with Gasteiger partial charge in [-0.2, -0.15) is 0 Å². The van der Waals surface area contributed by atoms with Crippen molar-refractivity contribution in [2.24, 2.45) is 0 Å². The van der Waals surface area contributed by atoms with Crippen molar-refractivity contribution in [3.8, 4) is 11.5 Å². The van der Waals surface area contributed by atoms with Gasteiger partial charge < -0.3 is 14.8 Å². The number of carbonyl (C=O) groups is 2. The smallest absolute Gasteiger partial charge is 0.295 e. The first-order valence-electron chi connectivity index (χ1n) is 8.40. The second kappa shape index (κ2) is 8.87. The van der Waals surface area contributed by atoms with E-state index in [1.807, 2.05) is 31.2 Å². The minimum absolute atomic E-state index is 0.120. The van der Waals surface area contributed by atoms with Gasteiger partial charge in [0.1, 0.15) is 0 Å². The molecular formula is C20H19IN2O4S. The van der Waals surface area contributed by atoms with Crippen LogP contribution in [0.5, 0.6) is 11.5 Å². The molecule has 146 valence electrons. The van der Waals surface area contributed by atoms with Crippen LogP contribution in [-0.2, 0) is 4.79 Å². The highest BCUT2D eigenvalue weighted by Gasteiger charge is 2.34. The van der Waals surface area contributed by atoms with E-state index in [2.05, 4.69) is 27.9 Å². The zero-order valence-corrected chi connectivity index (χ0v) is 18.6. The first-order valence-corrected chi connectivity index (χ1v) is 10.3. The summed E-state index contributed by atoms with van der Waals surface area (Å²) >= 11 is 3.17. The van der Waals surface area contributed by atoms with Crippen molar-refractivity contribution in [1.29, 1.82) is 0 Å². The molecule has 0 spiro atoms. The molecule has 1 saturated heterocycles. The van der Waals surface area contributed by atoms with Gasteiger partial charge in [-0.05, 0) is 88.8 Å². The molecule has 2 amide bonds. The van der Waals surface area contributed by atoms with Crippen LogP contribution in [-0.4, -0.2) is 36.9 Å². The molecule has 1 heterocycles. The van der Waals surface area contributed by atoms with Gasteiger partial charge in [-0.1, -0.05) is 6.07 Å². The maximum Gasteiger partial charge on any atom is 0.295 e. The van der Waals surface area contributed by atoms with Gasteiger partial charge in [-0.3, -0.25) is 14.5 Å². The SMILES string of the molecule is COc1ccc(/C=C2/SC(=O)N(CNc3ccc(I)cc3C)C2=O)cc1OC. The summed E-state index contributed by atoms with van der Waals surface area (Å²) < 4.78 is 11.6. The Morgan fingerprint density at radius 3 is 2.54 bits per heavy atom. The number of rotatable bonds is 6. The van der Waals surface area contributed by atoms with E-state index in [4.69, 9.17) is 9.47 Å². The summed E-state index contributed by atoms with van der Waals surface area (Å²) in [7, 11) is 3.11. The average molecular weight is 510 g/mol. The normalized spacial score (nSPS) is 15.3. The molecule has 1 fully saturated rings. The Morgan fingerprint density at radius 2 is 1.86 bits per heavy atom. The molecule has 0 saturated carbocycles. The van der Waals surface area contributed by atoms with E-state index in [-0.39, 0.29) is 17.8 Å². The maximum atomic E-state index is 12.7. The number of imide groups is 1. The standard InChI is InChI=1S/C20H19IN2O4S/c1-12-8-14(21)5-6-15(12)22-11-23-19(24)18(28-20(23)25)10-13-4-7-16(26-2)17(9-13)27-3/h4-10,22H,11H2,1-3H3/b18-10+. The van der Waals surface area contributed by atoms with E-state index in [1.165, 1.54) is 4.90 Å². The highest BCUT2D eigenvalue weighted by molar-refractivity contribution is 14.1. The molecular weight excluding hydrogens is 491 g/mol. The Kier molecular flexibility index (Phi) is 6.50. The molecule has 0 bridgehead atoms. The summed E-state index contributed by atoms with van der Waals surface area (Å²) in [6, 6.07) is 11.3. The zero-order chi connectivity index (χ0) is 20.3. The van der Waals surface area contributed by atoms with Crippen LogP contribution in [0.2, 0.25) is 0 Å². The van der Waals surface area contributed by atoms with Crippen LogP contribution in [0.4, 0.5) is 10.5 Å². The van der Waals surface area contributed by atoms with Gasteiger partial charge in [-0.15, -0.1) is 0 Å². The van der Waals surface area contributed by atoms with Crippen LogP contribution in [0.15, 0.2) is 41.3 Å². The van der Waals surface area contributed by atoms with Crippen LogP contribution >= 0.6 is 34.4 Å². The van der Waals surface area contributed by atoms with E-state index in [1.54, 1.807) is 32.4 Å². The number of halogens is 1. The Morgan fingerprint density at radius 1 is 1.11 bits per heavy atom. The fraction of sp³-hybridized carbons (Fsp3) is 0.200. The second-order valence-corrected chi connectivity index (χ2v) is 8.26. The molecule has 0 aliphatic carbocycles. The fourth-order valence-corrected chi connectivity index (χ4v) is 4.21. The number of hydrogen-bond acceptors (Lipinski definition) is 6. The van der Waals surface area contributed by atoms with Crippen LogP contribution in [0, 0.1) is 10.5 Å². The molecule has 0 unspecified atom stereocenters. The molecule has 6 nitrogen and oxygen atoms in total. The lowest BCUT2D eigenvalue weighted by Crippen LogP contribution is -2.33. The van der Waals surface area contributed by atoms with Crippen molar-refractivity contribution in [2.45, 2.75) is 6.92 Å². The van der Waals surface area contributed by atoms with Crippen molar-refractivity contribution in [1.82, 2.24) is 4.90 Å². The highest BCUT2D eigenvalue weighted by atomic mass is 127. The van der Waals surface area contributed by atoms with Gasteiger partial charge in [0.2, 0.25) is 0 Å². The van der Waals surface area contributed by atoms with Crippen molar-refractivity contribution >= 4 is 57.3 Å². The van der Waals surface area contributed by atoms with Gasteiger partial charge in [0.25, 0.3) is 11.1 Å². The Balaban J connectivity index is 1.75. The number of nitrogens with zero attached hydrogens (tertiary/aromatic N) is 1. The number of nitrogens with one attached hydrogen (secondary N) is 1. The summed E-state index contributed by atoms with van der Waals surface area (Å²) in [4.78, 5) is 26.6. The van der Waals surface area contributed by atoms with Gasteiger partial charge in [0, 0.05) is 9.26 Å². The third kappa shape index (κ3) is 4.44. The number of methoxy groups -OCH3 is 2. The Labute approximate surface area is 181 Å². The minimum Gasteiger partial charge on any atom is -0.493 e. The molecule has 0 aromatic heterocycles. The molecule has 1 aliphatic heterocycles. The van der Waals surface area contributed by atoms with E-state index in [0.717, 1.165) is 32.1 Å². The van der Waals surface area contributed by atoms with Crippen LogP contribution in [0.25, 0.3) is 6.08 Å². The lowest BCUT2D eigenvalue weighted by atomic mass is 10.2. The largest absolute Gasteiger partial charge is 0.493 e. The molecule has 3 rings (SSSR count). The molecule has 28 heavy (non-hydrogen) atoms. The predicted octanol–water partition coefficient (Wildman–Crippen LogP) is 4.72. The van der Waals surface area contributed by atoms with E-state index >= 15 is 0 Å². The lowest BCUT2D eigenvalue weighted by Gasteiger charge is -2.16. The third-order valence-corrected chi connectivity index (χ3v) is 5.77. The highest BCUT2D eigenvalue weighted by Crippen LogP contribution is 2.34. The number of anilines is 1. The number of thioether (sulfide) groups is 1. The first kappa shape index (κ1) is 20.5. The fourth-order valence-electron chi connectivity index (χ4n) is 2.72. The van der Waals surface area contributed by atoms with Crippen molar-refractivity contribution in [2.75, 3.05) is 26.2 Å². The quantitative estimate of drug-likeness (QED) is 0.448. The summed E-state index contributed by atoms with van der Waals surface area (Å²) in [6.45, 7) is 2.10. The van der Waals surface area contributed by atoms with E-state index < -0.39 is 0 Å². The predicted molar refractivity (Wildman–Crippen MR) is 120 cm³/mol. The van der Waals surface area contributed by atoms with Crippen LogP contribution in [0.1, 0.15) is 11.1 Å². The first-order chi connectivity index (χ1) is 13.4. The Bertz CT molecular complexity index is 961. The monoisotopic (exact) mass is 510 g/mol. The number of benzene rings is 2. The molecule has 0 atom stereocenters. The number of aryl methyl sites for hydroxylation is 1. The molecule has 1 aliphatic rings. The topological polar surface area (TPSA) is 67.9 Å². The van der Waals surface area contributed by atoms with Crippen molar-refractivity contribution in [3.63, 3.8) is 0 Å². The molecule has 1 N–H and O–H groups in total. The lowest BCUT2D eigenvalue weighted by molar-refractivity contribution is -0.122. The summed E-state index contributed by atoms with van der Waals surface area (Å²) in [5, 5.41) is 2.87. The van der Waals surface area contributed by atoms with E-state index in [0.29, 0.717) is 16.4 Å². The summed E-state index contributed by atoms with van der Waals surface area (Å²) in [6.07, 6.45) is 1.68. The van der Waals surface area contributed by atoms with Gasteiger partial charge in [0.15, 0.2) is 11.5 Å². The van der Waals surface area contributed by atoms with Crippen LogP contribution < -0.4 is 14.8 Å². The van der Waals surface area contributed by atoms with Crippen LogP contribution in [0.3, 0.4) is 0 Å². The van der Waals surface area contributed by atoms with Gasteiger partial charge >= 0.3 is 0 Å². The van der Waals surface area contributed by atoms with Gasteiger partial charge in [0.05, 0.1) is 25.8 Å². The average Bonchev–Trinajstić information content (AvgIpc) is 2.94. The Hall–Kier alpha value is -2.20. The van der Waals surface area contributed by atoms with Gasteiger partial charge in [-0.25, -0.2) is 0 Å². The summed E-state index contributed by atoms with van der Waals surface area (Å²) in [5.41, 5.74) is 2.70. The second-order valence-electron chi connectivity index (χ2n) is 6.02. The number of amides is 2. The van der Waals surface area contributed by atoms with Crippen molar-refractivity contribution in [3.05, 3.63) is 56.0 Å². The maximum absolute atomic E-state index is 12.7. The summed E-state index contributed by atoms with van der Waals surface area (Å²) in [5.74, 6) is 0.844. The van der Waals surface area contributed by atoms with Crippen molar-refractivity contribution < 1.29 is 19.1 Å². The number of ether oxygens (including phenoxy) is 2. The molecule has 2 aromatic carbocycles.